The second-order valence-corrected chi connectivity index (χ2v) is 5.41. The van der Waals surface area contributed by atoms with Crippen molar-refractivity contribution in [1.82, 2.24) is 5.32 Å². The topological polar surface area (TPSA) is 21.3 Å². The molecule has 1 aliphatic rings. The molecule has 2 heteroatoms. The van der Waals surface area contributed by atoms with Crippen LogP contribution in [0.25, 0.3) is 0 Å². The second kappa shape index (κ2) is 5.01. The van der Waals surface area contributed by atoms with Gasteiger partial charge in [-0.2, -0.15) is 0 Å². The maximum absolute atomic E-state index is 5.87. The van der Waals surface area contributed by atoms with Crippen molar-refractivity contribution in [2.45, 2.75) is 46.3 Å². The maximum Gasteiger partial charge on any atom is 0.0656 e. The first kappa shape index (κ1) is 12.5. The standard InChI is InChI=1S/C13H23NO/c1-6-7-14-11-8-12(13(11,4)5)15-9-10(2)3/h1,10-12,14H,7-9H2,2-5H3. The molecule has 0 aromatic rings. The van der Waals surface area contributed by atoms with E-state index in [2.05, 4.69) is 38.9 Å². The van der Waals surface area contributed by atoms with Gasteiger partial charge in [-0.05, 0) is 12.3 Å². The molecule has 0 heterocycles. The summed E-state index contributed by atoms with van der Waals surface area (Å²) < 4.78 is 5.87. The van der Waals surface area contributed by atoms with Crippen molar-refractivity contribution in [1.29, 1.82) is 0 Å². The molecule has 0 saturated heterocycles. The zero-order valence-corrected chi connectivity index (χ0v) is 10.3. The smallest absolute Gasteiger partial charge is 0.0656 e. The number of terminal acetylenes is 1. The molecule has 0 radical (unpaired) electrons. The fourth-order valence-corrected chi connectivity index (χ4v) is 2.01. The Morgan fingerprint density at radius 3 is 2.67 bits per heavy atom. The maximum atomic E-state index is 5.87. The summed E-state index contributed by atoms with van der Waals surface area (Å²) in [5.41, 5.74) is 0.214. The Bertz CT molecular complexity index is 239. The summed E-state index contributed by atoms with van der Waals surface area (Å²) in [5, 5.41) is 3.36. The van der Waals surface area contributed by atoms with Crippen LogP contribution in [0.4, 0.5) is 0 Å². The molecule has 15 heavy (non-hydrogen) atoms. The van der Waals surface area contributed by atoms with Crippen LogP contribution in [0.5, 0.6) is 0 Å². The fraction of sp³-hybridized carbons (Fsp3) is 0.846. The van der Waals surface area contributed by atoms with Gasteiger partial charge in [0.05, 0.1) is 12.6 Å². The molecule has 1 N–H and O–H groups in total. The molecule has 1 rings (SSSR count). The van der Waals surface area contributed by atoms with E-state index in [-0.39, 0.29) is 5.41 Å². The van der Waals surface area contributed by atoms with Crippen LogP contribution in [0.15, 0.2) is 0 Å². The zero-order valence-electron chi connectivity index (χ0n) is 10.3. The minimum absolute atomic E-state index is 0.214. The lowest BCUT2D eigenvalue weighted by Crippen LogP contribution is -2.61. The first-order valence-electron chi connectivity index (χ1n) is 5.77. The molecule has 0 amide bonds. The molecule has 2 unspecified atom stereocenters. The predicted octanol–water partition coefficient (Wildman–Crippen LogP) is 2.05. The van der Waals surface area contributed by atoms with Gasteiger partial charge in [0.1, 0.15) is 0 Å². The average molecular weight is 209 g/mol. The molecule has 0 bridgehead atoms. The van der Waals surface area contributed by atoms with Crippen LogP contribution in [0.1, 0.15) is 34.1 Å². The van der Waals surface area contributed by atoms with Crippen molar-refractivity contribution in [3.8, 4) is 12.3 Å². The van der Waals surface area contributed by atoms with E-state index >= 15 is 0 Å². The summed E-state index contributed by atoms with van der Waals surface area (Å²) in [5.74, 6) is 3.23. The molecule has 0 spiro atoms. The van der Waals surface area contributed by atoms with Crippen molar-refractivity contribution in [2.75, 3.05) is 13.2 Å². The third-order valence-corrected chi connectivity index (χ3v) is 3.26. The van der Waals surface area contributed by atoms with Crippen LogP contribution < -0.4 is 5.32 Å². The van der Waals surface area contributed by atoms with E-state index in [0.717, 1.165) is 13.0 Å². The van der Waals surface area contributed by atoms with Gasteiger partial charge < -0.3 is 10.1 Å². The van der Waals surface area contributed by atoms with Gasteiger partial charge in [-0.15, -0.1) is 6.42 Å². The third kappa shape index (κ3) is 2.96. The number of hydrogen-bond acceptors (Lipinski definition) is 2. The van der Waals surface area contributed by atoms with E-state index in [0.29, 0.717) is 24.6 Å². The van der Waals surface area contributed by atoms with Crippen molar-refractivity contribution in [3.05, 3.63) is 0 Å². The van der Waals surface area contributed by atoms with E-state index in [1.165, 1.54) is 0 Å². The Labute approximate surface area is 93.8 Å². The Kier molecular flexibility index (Phi) is 4.19. The molecule has 0 aliphatic heterocycles. The lowest BCUT2D eigenvalue weighted by atomic mass is 9.64. The van der Waals surface area contributed by atoms with E-state index < -0.39 is 0 Å². The van der Waals surface area contributed by atoms with Crippen LogP contribution >= 0.6 is 0 Å². The molecule has 2 atom stereocenters. The van der Waals surface area contributed by atoms with Gasteiger partial charge >= 0.3 is 0 Å². The minimum Gasteiger partial charge on any atom is -0.377 e. The summed E-state index contributed by atoms with van der Waals surface area (Å²) in [6, 6.07) is 0.505. The third-order valence-electron chi connectivity index (χ3n) is 3.26. The van der Waals surface area contributed by atoms with Gasteiger partial charge in [-0.25, -0.2) is 0 Å². The highest BCUT2D eigenvalue weighted by atomic mass is 16.5. The van der Waals surface area contributed by atoms with Gasteiger partial charge in [-0.3, -0.25) is 0 Å². The lowest BCUT2D eigenvalue weighted by Gasteiger charge is -2.52. The monoisotopic (exact) mass is 209 g/mol. The molecular formula is C13H23NO. The van der Waals surface area contributed by atoms with Crippen LogP contribution in [-0.2, 0) is 4.74 Å². The first-order chi connectivity index (χ1) is 6.98. The number of hydrogen-bond donors (Lipinski definition) is 1. The quantitative estimate of drug-likeness (QED) is 0.700. The summed E-state index contributed by atoms with van der Waals surface area (Å²) >= 11 is 0. The van der Waals surface area contributed by atoms with Gasteiger partial charge in [0.2, 0.25) is 0 Å². The lowest BCUT2D eigenvalue weighted by molar-refractivity contribution is -0.122. The molecule has 1 fully saturated rings. The average Bonchev–Trinajstić information content (AvgIpc) is 2.15. The van der Waals surface area contributed by atoms with Gasteiger partial charge in [0.25, 0.3) is 0 Å². The molecule has 1 saturated carbocycles. The molecule has 1 aliphatic carbocycles. The van der Waals surface area contributed by atoms with Crippen LogP contribution in [0.3, 0.4) is 0 Å². The number of ether oxygens (including phenoxy) is 1. The summed E-state index contributed by atoms with van der Waals surface area (Å²) in [4.78, 5) is 0. The van der Waals surface area contributed by atoms with Crippen LogP contribution in [-0.4, -0.2) is 25.3 Å². The van der Waals surface area contributed by atoms with Gasteiger partial charge in [0, 0.05) is 18.1 Å². The Hall–Kier alpha value is -0.520. The van der Waals surface area contributed by atoms with Gasteiger partial charge in [-0.1, -0.05) is 33.6 Å². The zero-order chi connectivity index (χ0) is 11.5. The highest BCUT2D eigenvalue weighted by Crippen LogP contribution is 2.42. The Balaban J connectivity index is 2.32. The summed E-state index contributed by atoms with van der Waals surface area (Å²) in [6.07, 6.45) is 6.70. The van der Waals surface area contributed by atoms with E-state index in [4.69, 9.17) is 11.2 Å². The number of nitrogens with one attached hydrogen (secondary N) is 1. The van der Waals surface area contributed by atoms with Crippen LogP contribution in [0.2, 0.25) is 0 Å². The fourth-order valence-electron chi connectivity index (χ4n) is 2.01. The Morgan fingerprint density at radius 1 is 1.53 bits per heavy atom. The molecule has 0 aromatic carbocycles. The van der Waals surface area contributed by atoms with Crippen LogP contribution in [0, 0.1) is 23.7 Å². The van der Waals surface area contributed by atoms with E-state index in [1.807, 2.05) is 0 Å². The summed E-state index contributed by atoms with van der Waals surface area (Å²) in [7, 11) is 0. The Morgan fingerprint density at radius 2 is 2.20 bits per heavy atom. The number of rotatable bonds is 5. The predicted molar refractivity (Wildman–Crippen MR) is 63.6 cm³/mol. The molecule has 86 valence electrons. The highest BCUT2D eigenvalue weighted by molar-refractivity contribution is 5.04. The molecular weight excluding hydrogens is 186 g/mol. The van der Waals surface area contributed by atoms with Crippen molar-refractivity contribution >= 4 is 0 Å². The van der Waals surface area contributed by atoms with Gasteiger partial charge in [0.15, 0.2) is 0 Å². The summed E-state index contributed by atoms with van der Waals surface area (Å²) in [6.45, 7) is 10.4. The molecule has 2 nitrogen and oxygen atoms in total. The normalized spacial score (nSPS) is 28.5. The highest BCUT2D eigenvalue weighted by Gasteiger charge is 2.48. The largest absolute Gasteiger partial charge is 0.377 e. The van der Waals surface area contributed by atoms with Crippen molar-refractivity contribution < 1.29 is 4.74 Å². The second-order valence-electron chi connectivity index (χ2n) is 5.41. The first-order valence-corrected chi connectivity index (χ1v) is 5.77. The minimum atomic E-state index is 0.214. The van der Waals surface area contributed by atoms with E-state index in [9.17, 15) is 0 Å². The van der Waals surface area contributed by atoms with Crippen molar-refractivity contribution in [3.63, 3.8) is 0 Å². The van der Waals surface area contributed by atoms with Crippen molar-refractivity contribution in [2.24, 2.45) is 11.3 Å². The molecule has 0 aromatic heterocycles. The SMILES string of the molecule is C#CCNC1CC(OCC(C)C)C1(C)C. The van der Waals surface area contributed by atoms with E-state index in [1.54, 1.807) is 0 Å².